The van der Waals surface area contributed by atoms with Gasteiger partial charge in [-0.2, -0.15) is 0 Å². The Morgan fingerprint density at radius 3 is 2.71 bits per heavy atom. The molecule has 0 atom stereocenters. The maximum absolute atomic E-state index is 13.1. The molecule has 2 heterocycles. The van der Waals surface area contributed by atoms with Crippen molar-refractivity contribution in [2.45, 2.75) is 6.92 Å². The van der Waals surface area contributed by atoms with E-state index in [-0.39, 0.29) is 11.1 Å². The number of hydrogen-bond acceptors (Lipinski definition) is 5. The summed E-state index contributed by atoms with van der Waals surface area (Å²) in [7, 11) is 1.54. The van der Waals surface area contributed by atoms with Crippen LogP contribution in [0.2, 0.25) is 0 Å². The molecule has 1 aromatic carbocycles. The summed E-state index contributed by atoms with van der Waals surface area (Å²) in [5.74, 6) is -1.34. The van der Waals surface area contributed by atoms with Gasteiger partial charge in [0, 0.05) is 36.6 Å². The molecule has 0 aliphatic heterocycles. The van der Waals surface area contributed by atoms with Crippen molar-refractivity contribution in [1.29, 1.82) is 0 Å². The van der Waals surface area contributed by atoms with Crippen LogP contribution in [0.15, 0.2) is 72.0 Å². The molecule has 6 nitrogen and oxygen atoms in total. The van der Waals surface area contributed by atoms with Crippen molar-refractivity contribution in [1.82, 2.24) is 9.55 Å². The zero-order chi connectivity index (χ0) is 20.3. The fourth-order valence-electron chi connectivity index (χ4n) is 3.02. The standard InChI is InChI=1S/C22H19N3O3/c1-4-6-16(12-23-3)21(27)25-18-11-14(2)8-9-17(18)19(22(25)28)20(26)15-7-5-10-24-13-15/h4-13,28H,1H2,2-3H3/b16-6+,23-12?. The van der Waals surface area contributed by atoms with Crippen LogP contribution < -0.4 is 0 Å². The van der Waals surface area contributed by atoms with Crippen LogP contribution in [-0.2, 0) is 0 Å². The second kappa shape index (κ2) is 7.84. The van der Waals surface area contributed by atoms with E-state index in [1.807, 2.05) is 13.0 Å². The molecule has 0 fully saturated rings. The number of carbonyl (C=O) groups is 2. The van der Waals surface area contributed by atoms with Crippen LogP contribution in [0.1, 0.15) is 26.3 Å². The van der Waals surface area contributed by atoms with E-state index in [9.17, 15) is 14.7 Å². The summed E-state index contributed by atoms with van der Waals surface area (Å²) in [5.41, 5.74) is 1.93. The number of aromatic nitrogens is 2. The minimum atomic E-state index is -0.510. The van der Waals surface area contributed by atoms with E-state index in [1.54, 1.807) is 37.5 Å². The third kappa shape index (κ3) is 3.27. The number of carbonyl (C=O) groups excluding carboxylic acids is 2. The Kier molecular flexibility index (Phi) is 5.31. The molecule has 0 amide bonds. The fraction of sp³-hybridized carbons (Fsp3) is 0.0909. The van der Waals surface area contributed by atoms with Crippen molar-refractivity contribution in [2.24, 2.45) is 4.99 Å². The third-order valence-corrected chi connectivity index (χ3v) is 4.27. The lowest BCUT2D eigenvalue weighted by Gasteiger charge is -2.06. The van der Waals surface area contributed by atoms with Crippen LogP contribution in [0.4, 0.5) is 0 Å². The van der Waals surface area contributed by atoms with Crippen molar-refractivity contribution in [3.8, 4) is 5.88 Å². The maximum Gasteiger partial charge on any atom is 0.266 e. The minimum absolute atomic E-state index is 0.0581. The van der Waals surface area contributed by atoms with Gasteiger partial charge in [-0.15, -0.1) is 0 Å². The smallest absolute Gasteiger partial charge is 0.266 e. The number of rotatable bonds is 5. The van der Waals surface area contributed by atoms with Crippen molar-refractivity contribution < 1.29 is 14.7 Å². The zero-order valence-corrected chi connectivity index (χ0v) is 15.6. The Bertz CT molecular complexity index is 1140. The van der Waals surface area contributed by atoms with Crippen molar-refractivity contribution in [2.75, 3.05) is 7.05 Å². The molecular formula is C22H19N3O3. The summed E-state index contributed by atoms with van der Waals surface area (Å²) in [5, 5.41) is 11.4. The van der Waals surface area contributed by atoms with E-state index in [0.29, 0.717) is 16.5 Å². The summed E-state index contributed by atoms with van der Waals surface area (Å²) in [4.78, 5) is 34.0. The number of hydrogen-bond donors (Lipinski definition) is 1. The number of pyridine rings is 1. The molecule has 140 valence electrons. The number of aromatic hydroxyl groups is 1. The molecule has 1 N–H and O–H groups in total. The first kappa shape index (κ1) is 19.0. The summed E-state index contributed by atoms with van der Waals surface area (Å²) in [6, 6.07) is 8.55. The normalized spacial score (nSPS) is 11.9. The number of allylic oxidation sites excluding steroid dienone is 3. The average Bonchev–Trinajstić information content (AvgIpc) is 2.98. The van der Waals surface area contributed by atoms with Crippen LogP contribution >= 0.6 is 0 Å². The van der Waals surface area contributed by atoms with Crippen LogP contribution in [0.25, 0.3) is 10.9 Å². The van der Waals surface area contributed by atoms with E-state index in [1.165, 1.54) is 24.6 Å². The summed E-state index contributed by atoms with van der Waals surface area (Å²) >= 11 is 0. The van der Waals surface area contributed by atoms with Gasteiger partial charge in [-0.05, 0) is 36.8 Å². The first-order valence-corrected chi connectivity index (χ1v) is 8.58. The quantitative estimate of drug-likeness (QED) is 0.320. The van der Waals surface area contributed by atoms with Crippen molar-refractivity contribution >= 4 is 28.8 Å². The second-order valence-electron chi connectivity index (χ2n) is 6.18. The predicted octanol–water partition coefficient (Wildman–Crippen LogP) is 3.73. The second-order valence-corrected chi connectivity index (χ2v) is 6.18. The number of fused-ring (bicyclic) bond motifs is 1. The van der Waals surface area contributed by atoms with Gasteiger partial charge in [0.15, 0.2) is 0 Å². The van der Waals surface area contributed by atoms with Gasteiger partial charge >= 0.3 is 0 Å². The largest absolute Gasteiger partial charge is 0.494 e. The molecule has 0 unspecified atom stereocenters. The highest BCUT2D eigenvalue weighted by Crippen LogP contribution is 2.34. The first-order valence-electron chi connectivity index (χ1n) is 8.58. The van der Waals surface area contributed by atoms with Gasteiger partial charge in [-0.1, -0.05) is 24.8 Å². The molecule has 0 saturated heterocycles. The Morgan fingerprint density at radius 2 is 2.07 bits per heavy atom. The summed E-state index contributed by atoms with van der Waals surface area (Å²) in [6.07, 6.45) is 7.33. The highest BCUT2D eigenvalue weighted by Gasteiger charge is 2.27. The van der Waals surface area contributed by atoms with Crippen molar-refractivity contribution in [3.63, 3.8) is 0 Å². The van der Waals surface area contributed by atoms with E-state index >= 15 is 0 Å². The SMILES string of the molecule is C=C/C=C(\C=NC)C(=O)n1c(O)c(C(=O)c2cccnc2)c2ccc(C)cc21. The molecule has 6 heteroatoms. The maximum atomic E-state index is 13.1. The molecule has 3 rings (SSSR count). The Balaban J connectivity index is 2.30. The Hall–Kier alpha value is -3.80. The third-order valence-electron chi connectivity index (χ3n) is 4.27. The number of aliphatic imine (C=N–C) groups is 1. The van der Waals surface area contributed by atoms with Gasteiger partial charge in [-0.3, -0.25) is 19.6 Å². The van der Waals surface area contributed by atoms with Gasteiger partial charge in [0.25, 0.3) is 5.91 Å². The lowest BCUT2D eigenvalue weighted by atomic mass is 10.0. The van der Waals surface area contributed by atoms with E-state index in [4.69, 9.17) is 0 Å². The monoisotopic (exact) mass is 373 g/mol. The fourth-order valence-corrected chi connectivity index (χ4v) is 3.02. The number of aryl methyl sites for hydroxylation is 1. The highest BCUT2D eigenvalue weighted by molar-refractivity contribution is 6.22. The topological polar surface area (TPSA) is 84.5 Å². The number of ketones is 1. The molecular weight excluding hydrogens is 354 g/mol. The molecule has 2 aromatic heterocycles. The number of nitrogens with zero attached hydrogens (tertiary/aromatic N) is 3. The van der Waals surface area contributed by atoms with Crippen LogP contribution in [-0.4, -0.2) is 39.6 Å². The van der Waals surface area contributed by atoms with Gasteiger partial charge in [0.2, 0.25) is 11.7 Å². The lowest BCUT2D eigenvalue weighted by molar-refractivity contribution is 0.0958. The molecule has 0 saturated carbocycles. The minimum Gasteiger partial charge on any atom is -0.494 e. The highest BCUT2D eigenvalue weighted by atomic mass is 16.3. The molecule has 0 bridgehead atoms. The summed E-state index contributed by atoms with van der Waals surface area (Å²) in [6.45, 7) is 5.48. The van der Waals surface area contributed by atoms with Gasteiger partial charge in [0.1, 0.15) is 0 Å². The lowest BCUT2D eigenvalue weighted by Crippen LogP contribution is -2.14. The Morgan fingerprint density at radius 1 is 1.29 bits per heavy atom. The van der Waals surface area contributed by atoms with Crippen molar-refractivity contribution in [3.05, 3.63) is 83.7 Å². The molecule has 3 aromatic rings. The predicted molar refractivity (Wildman–Crippen MR) is 109 cm³/mol. The average molecular weight is 373 g/mol. The molecule has 0 radical (unpaired) electrons. The number of benzene rings is 1. The van der Waals surface area contributed by atoms with Crippen LogP contribution in [0.5, 0.6) is 5.88 Å². The molecule has 0 aliphatic rings. The Labute approximate surface area is 162 Å². The van der Waals surface area contributed by atoms with Gasteiger partial charge in [-0.25, -0.2) is 4.57 Å². The molecule has 28 heavy (non-hydrogen) atoms. The first-order chi connectivity index (χ1) is 13.5. The van der Waals surface area contributed by atoms with E-state index < -0.39 is 17.6 Å². The van der Waals surface area contributed by atoms with Crippen LogP contribution in [0, 0.1) is 6.92 Å². The molecule has 0 spiro atoms. The van der Waals surface area contributed by atoms with Gasteiger partial charge in [0.05, 0.1) is 16.7 Å². The van der Waals surface area contributed by atoms with E-state index in [2.05, 4.69) is 16.6 Å². The van der Waals surface area contributed by atoms with Crippen LogP contribution in [0.3, 0.4) is 0 Å². The van der Waals surface area contributed by atoms with Gasteiger partial charge < -0.3 is 5.11 Å². The molecule has 0 aliphatic carbocycles. The summed E-state index contributed by atoms with van der Waals surface area (Å²) < 4.78 is 1.13. The van der Waals surface area contributed by atoms with E-state index in [0.717, 1.165) is 10.1 Å². The zero-order valence-electron chi connectivity index (χ0n) is 15.6.